The van der Waals surface area contributed by atoms with Gasteiger partial charge in [0.05, 0.1) is 18.8 Å². The molecule has 0 aliphatic heterocycles. The summed E-state index contributed by atoms with van der Waals surface area (Å²) in [6.07, 6.45) is 8.20. The normalized spacial score (nSPS) is 25.7. The number of aliphatic hydroxyl groups excluding tert-OH is 2. The molecule has 4 unspecified atom stereocenters. The van der Waals surface area contributed by atoms with Crippen molar-refractivity contribution >= 4 is 0 Å². The van der Waals surface area contributed by atoms with Crippen molar-refractivity contribution < 1.29 is 14.9 Å². The molecule has 1 saturated carbocycles. The molecule has 0 saturated heterocycles. The Balaban J connectivity index is 2.04. The summed E-state index contributed by atoms with van der Waals surface area (Å²) in [5.41, 5.74) is 0. The van der Waals surface area contributed by atoms with E-state index in [1.807, 2.05) is 0 Å². The molecular weight excluding hydrogens is 266 g/mol. The smallest absolute Gasteiger partial charge is 0.0897 e. The van der Waals surface area contributed by atoms with E-state index in [0.717, 1.165) is 25.8 Å². The maximum atomic E-state index is 9.97. The van der Waals surface area contributed by atoms with Crippen LogP contribution in [0.3, 0.4) is 0 Å². The van der Waals surface area contributed by atoms with E-state index in [1.54, 1.807) is 0 Å². The molecule has 3 N–H and O–H groups in total. The fraction of sp³-hybridized carbons (Fsp3) is 1.00. The molecule has 1 aliphatic carbocycles. The first-order chi connectivity index (χ1) is 10.2. The summed E-state index contributed by atoms with van der Waals surface area (Å²) in [5.74, 6) is 1.05. The predicted octanol–water partition coefficient (Wildman–Crippen LogP) is 2.33. The lowest BCUT2D eigenvalue weighted by molar-refractivity contribution is -0.0498. The molecular formula is C17H35NO3. The Bertz CT molecular complexity index is 250. The van der Waals surface area contributed by atoms with E-state index in [2.05, 4.69) is 19.2 Å². The quantitative estimate of drug-likeness (QED) is 0.513. The lowest BCUT2D eigenvalue weighted by atomic mass is 9.85. The summed E-state index contributed by atoms with van der Waals surface area (Å²) in [4.78, 5) is 0. The number of aliphatic hydroxyl groups is 2. The zero-order chi connectivity index (χ0) is 15.5. The van der Waals surface area contributed by atoms with Crippen LogP contribution in [0.5, 0.6) is 0 Å². The molecule has 0 amide bonds. The lowest BCUT2D eigenvalue weighted by Gasteiger charge is -2.31. The molecule has 21 heavy (non-hydrogen) atoms. The summed E-state index contributed by atoms with van der Waals surface area (Å²) in [7, 11) is 0. The van der Waals surface area contributed by atoms with Crippen LogP contribution in [0, 0.1) is 11.8 Å². The third-order valence-corrected chi connectivity index (χ3v) is 4.61. The molecule has 4 heteroatoms. The summed E-state index contributed by atoms with van der Waals surface area (Å²) < 4.78 is 5.94. The molecule has 126 valence electrons. The van der Waals surface area contributed by atoms with Crippen LogP contribution in [0.25, 0.3) is 0 Å². The summed E-state index contributed by atoms with van der Waals surface area (Å²) in [6.45, 7) is 6.48. The van der Waals surface area contributed by atoms with Crippen LogP contribution in [0.4, 0.5) is 0 Å². The number of ether oxygens (including phenoxy) is 1. The number of hydrogen-bond acceptors (Lipinski definition) is 4. The first-order valence-corrected chi connectivity index (χ1v) is 8.78. The fourth-order valence-electron chi connectivity index (χ4n) is 3.09. The summed E-state index contributed by atoms with van der Waals surface area (Å²) in [6, 6.07) is 0. The average molecular weight is 301 g/mol. The Kier molecular flexibility index (Phi) is 10.3. The molecule has 4 atom stereocenters. The van der Waals surface area contributed by atoms with Crippen molar-refractivity contribution in [3.8, 4) is 0 Å². The van der Waals surface area contributed by atoms with E-state index in [9.17, 15) is 5.11 Å². The van der Waals surface area contributed by atoms with Crippen molar-refractivity contribution in [3.05, 3.63) is 0 Å². The molecule has 0 aromatic heterocycles. The average Bonchev–Trinajstić information content (AvgIpc) is 2.52. The van der Waals surface area contributed by atoms with Crippen molar-refractivity contribution in [2.45, 2.75) is 71.0 Å². The first-order valence-electron chi connectivity index (χ1n) is 8.78. The monoisotopic (exact) mass is 301 g/mol. The number of rotatable bonds is 11. The summed E-state index contributed by atoms with van der Waals surface area (Å²) in [5, 5.41) is 22.2. The standard InChI is InChI=1S/C17H35NO3/c1-3-15-8-4-5-9-17(15)21-13-16(20)11-18-10-6-7-14(2)12-19/h14-20H,3-13H2,1-2H3. The van der Waals surface area contributed by atoms with Gasteiger partial charge in [0, 0.05) is 13.2 Å². The highest BCUT2D eigenvalue weighted by molar-refractivity contribution is 4.75. The van der Waals surface area contributed by atoms with Crippen LogP contribution in [0.15, 0.2) is 0 Å². The molecule has 1 aliphatic rings. The van der Waals surface area contributed by atoms with E-state index in [0.29, 0.717) is 31.1 Å². The van der Waals surface area contributed by atoms with Gasteiger partial charge in [-0.3, -0.25) is 0 Å². The molecule has 0 spiro atoms. The molecule has 1 rings (SSSR count). The van der Waals surface area contributed by atoms with Crippen LogP contribution >= 0.6 is 0 Å². The van der Waals surface area contributed by atoms with Crippen molar-refractivity contribution in [1.29, 1.82) is 0 Å². The fourth-order valence-corrected chi connectivity index (χ4v) is 3.09. The Labute approximate surface area is 130 Å². The highest BCUT2D eigenvalue weighted by Gasteiger charge is 2.24. The van der Waals surface area contributed by atoms with Gasteiger partial charge >= 0.3 is 0 Å². The van der Waals surface area contributed by atoms with Crippen molar-refractivity contribution in [2.24, 2.45) is 11.8 Å². The topological polar surface area (TPSA) is 61.7 Å². The van der Waals surface area contributed by atoms with Gasteiger partial charge < -0.3 is 20.3 Å². The molecule has 4 nitrogen and oxygen atoms in total. The van der Waals surface area contributed by atoms with Gasteiger partial charge in [-0.1, -0.05) is 33.1 Å². The minimum Gasteiger partial charge on any atom is -0.396 e. The highest BCUT2D eigenvalue weighted by Crippen LogP contribution is 2.29. The highest BCUT2D eigenvalue weighted by atomic mass is 16.5. The Hall–Kier alpha value is -0.160. The van der Waals surface area contributed by atoms with Gasteiger partial charge in [-0.05, 0) is 44.1 Å². The van der Waals surface area contributed by atoms with Crippen LogP contribution in [-0.2, 0) is 4.74 Å². The van der Waals surface area contributed by atoms with E-state index in [-0.39, 0.29) is 6.61 Å². The van der Waals surface area contributed by atoms with Crippen LogP contribution in [0.2, 0.25) is 0 Å². The Morgan fingerprint density at radius 3 is 2.76 bits per heavy atom. The molecule has 0 heterocycles. The lowest BCUT2D eigenvalue weighted by Crippen LogP contribution is -2.35. The van der Waals surface area contributed by atoms with Gasteiger partial charge in [0.15, 0.2) is 0 Å². The van der Waals surface area contributed by atoms with E-state index in [4.69, 9.17) is 9.84 Å². The molecule has 0 radical (unpaired) electrons. The van der Waals surface area contributed by atoms with Crippen molar-refractivity contribution in [1.82, 2.24) is 5.32 Å². The van der Waals surface area contributed by atoms with E-state index < -0.39 is 6.10 Å². The minimum absolute atomic E-state index is 0.260. The molecule has 0 aromatic carbocycles. The Morgan fingerprint density at radius 2 is 2.05 bits per heavy atom. The van der Waals surface area contributed by atoms with E-state index >= 15 is 0 Å². The van der Waals surface area contributed by atoms with Crippen molar-refractivity contribution in [2.75, 3.05) is 26.3 Å². The van der Waals surface area contributed by atoms with Gasteiger partial charge in [-0.15, -0.1) is 0 Å². The van der Waals surface area contributed by atoms with Gasteiger partial charge in [-0.25, -0.2) is 0 Å². The minimum atomic E-state index is -0.417. The van der Waals surface area contributed by atoms with Gasteiger partial charge in [-0.2, -0.15) is 0 Å². The first kappa shape index (κ1) is 18.9. The van der Waals surface area contributed by atoms with Crippen LogP contribution in [-0.4, -0.2) is 48.7 Å². The number of nitrogens with one attached hydrogen (secondary N) is 1. The molecule has 0 bridgehead atoms. The van der Waals surface area contributed by atoms with Gasteiger partial charge in [0.1, 0.15) is 0 Å². The molecule has 1 fully saturated rings. The maximum absolute atomic E-state index is 9.97. The van der Waals surface area contributed by atoms with Crippen molar-refractivity contribution in [3.63, 3.8) is 0 Å². The summed E-state index contributed by atoms with van der Waals surface area (Å²) >= 11 is 0. The SMILES string of the molecule is CCC1CCCCC1OCC(O)CNCCCC(C)CO. The van der Waals surface area contributed by atoms with E-state index in [1.165, 1.54) is 25.7 Å². The van der Waals surface area contributed by atoms with Gasteiger partial charge in [0.25, 0.3) is 0 Å². The number of hydrogen-bond donors (Lipinski definition) is 3. The third kappa shape index (κ3) is 8.15. The zero-order valence-corrected chi connectivity index (χ0v) is 13.9. The second kappa shape index (κ2) is 11.4. The second-order valence-electron chi connectivity index (χ2n) is 6.61. The maximum Gasteiger partial charge on any atom is 0.0897 e. The van der Waals surface area contributed by atoms with Crippen LogP contribution in [0.1, 0.15) is 58.8 Å². The zero-order valence-electron chi connectivity index (χ0n) is 13.9. The molecule has 0 aromatic rings. The van der Waals surface area contributed by atoms with Gasteiger partial charge in [0.2, 0.25) is 0 Å². The second-order valence-corrected chi connectivity index (χ2v) is 6.61. The third-order valence-electron chi connectivity index (χ3n) is 4.61. The van der Waals surface area contributed by atoms with Crippen LogP contribution < -0.4 is 5.32 Å². The largest absolute Gasteiger partial charge is 0.396 e. The Morgan fingerprint density at radius 1 is 1.29 bits per heavy atom. The predicted molar refractivity (Wildman–Crippen MR) is 86.3 cm³/mol.